The molecule has 1 aromatic carbocycles. The molecule has 4 N–H and O–H groups in total. The summed E-state index contributed by atoms with van der Waals surface area (Å²) in [5.41, 5.74) is 6.59. The lowest BCUT2D eigenvalue weighted by molar-refractivity contribution is -0.137. The number of nitrogens with one attached hydrogen (secondary N) is 1. The highest BCUT2D eigenvalue weighted by Gasteiger charge is 2.27. The lowest BCUT2D eigenvalue weighted by Crippen LogP contribution is -2.48. The number of amides is 1. The molecule has 0 aliphatic rings. The molecule has 0 fully saturated rings. The van der Waals surface area contributed by atoms with Gasteiger partial charge in [0.15, 0.2) is 0 Å². The van der Waals surface area contributed by atoms with E-state index in [0.29, 0.717) is 18.5 Å². The highest BCUT2D eigenvalue weighted by Crippen LogP contribution is 2.16. The van der Waals surface area contributed by atoms with E-state index in [1.807, 2.05) is 13.0 Å². The number of hydrogen-bond donors (Lipinski definition) is 3. The summed E-state index contributed by atoms with van der Waals surface area (Å²) in [5.74, 6) is -1.06. The van der Waals surface area contributed by atoms with Crippen LogP contribution >= 0.6 is 0 Å². The van der Waals surface area contributed by atoms with Crippen LogP contribution in [0, 0.1) is 0 Å². The molecule has 0 saturated heterocycles. The molecule has 1 aromatic rings. The first-order chi connectivity index (χ1) is 9.35. The number of carboxylic acid groups (broad SMARTS) is 1. The number of aliphatic carboxylic acids is 1. The van der Waals surface area contributed by atoms with Crippen molar-refractivity contribution in [2.75, 3.05) is 5.32 Å². The van der Waals surface area contributed by atoms with Gasteiger partial charge in [-0.25, -0.2) is 0 Å². The Balaban J connectivity index is 2.70. The van der Waals surface area contributed by atoms with Crippen molar-refractivity contribution in [2.24, 2.45) is 5.73 Å². The molecule has 1 atom stereocenters. The minimum atomic E-state index is -0.897. The van der Waals surface area contributed by atoms with Gasteiger partial charge in [-0.2, -0.15) is 0 Å². The molecule has 0 radical (unpaired) electrons. The maximum absolute atomic E-state index is 12.1. The van der Waals surface area contributed by atoms with E-state index in [9.17, 15) is 9.59 Å². The summed E-state index contributed by atoms with van der Waals surface area (Å²) in [5, 5.41) is 11.5. The van der Waals surface area contributed by atoms with Gasteiger partial charge in [0.1, 0.15) is 0 Å². The van der Waals surface area contributed by atoms with Gasteiger partial charge in [0, 0.05) is 12.1 Å². The van der Waals surface area contributed by atoms with Gasteiger partial charge in [0.05, 0.1) is 5.54 Å². The number of aryl methyl sites for hydroxylation is 1. The van der Waals surface area contributed by atoms with Crippen molar-refractivity contribution < 1.29 is 14.7 Å². The fourth-order valence-electron chi connectivity index (χ4n) is 1.96. The number of carboxylic acids is 1. The third-order valence-corrected chi connectivity index (χ3v) is 3.10. The molecule has 0 spiro atoms. The van der Waals surface area contributed by atoms with Crippen molar-refractivity contribution in [1.82, 2.24) is 0 Å². The lowest BCUT2D eigenvalue weighted by atomic mass is 9.96. The quantitative estimate of drug-likeness (QED) is 0.712. The summed E-state index contributed by atoms with van der Waals surface area (Å²) >= 11 is 0. The van der Waals surface area contributed by atoms with E-state index in [2.05, 4.69) is 5.32 Å². The smallest absolute Gasteiger partial charge is 0.303 e. The normalized spacial score (nSPS) is 13.6. The molecule has 5 heteroatoms. The lowest BCUT2D eigenvalue weighted by Gasteiger charge is -2.23. The highest BCUT2D eigenvalue weighted by molar-refractivity contribution is 5.97. The molecule has 0 bridgehead atoms. The average Bonchev–Trinajstić information content (AvgIpc) is 2.36. The van der Waals surface area contributed by atoms with Crippen LogP contribution in [0.25, 0.3) is 0 Å². The van der Waals surface area contributed by atoms with Crippen LogP contribution in [0.1, 0.15) is 38.7 Å². The van der Waals surface area contributed by atoms with Crippen LogP contribution in [0.5, 0.6) is 0 Å². The number of hydrogen-bond acceptors (Lipinski definition) is 3. The summed E-state index contributed by atoms with van der Waals surface area (Å²) in [6.07, 6.45) is 1.95. The second-order valence-corrected chi connectivity index (χ2v) is 5.22. The molecule has 0 aliphatic carbocycles. The molecule has 20 heavy (non-hydrogen) atoms. The van der Waals surface area contributed by atoms with E-state index in [1.165, 1.54) is 0 Å². The third-order valence-electron chi connectivity index (χ3n) is 3.10. The topological polar surface area (TPSA) is 92.4 Å². The van der Waals surface area contributed by atoms with E-state index in [1.54, 1.807) is 25.1 Å². The van der Waals surface area contributed by atoms with Gasteiger partial charge in [0.2, 0.25) is 5.91 Å². The Morgan fingerprint density at radius 3 is 2.70 bits per heavy atom. The van der Waals surface area contributed by atoms with Gasteiger partial charge in [0.25, 0.3) is 0 Å². The Hall–Kier alpha value is -1.88. The zero-order chi connectivity index (χ0) is 15.2. The van der Waals surface area contributed by atoms with Crippen molar-refractivity contribution >= 4 is 17.6 Å². The number of rotatable bonds is 7. The fraction of sp³-hybridized carbons (Fsp3) is 0.467. The number of anilines is 1. The first kappa shape index (κ1) is 16.2. The molecule has 1 rings (SSSR count). The number of carbonyl (C=O) groups is 2. The molecular formula is C15H22N2O3. The predicted octanol–water partition coefficient (Wildman–Crippen LogP) is 2.16. The summed E-state index contributed by atoms with van der Waals surface area (Å²) < 4.78 is 0. The molecule has 0 aromatic heterocycles. The molecule has 0 aliphatic heterocycles. The van der Waals surface area contributed by atoms with Crippen molar-refractivity contribution in [3.05, 3.63) is 29.8 Å². The zero-order valence-electron chi connectivity index (χ0n) is 12.0. The summed E-state index contributed by atoms with van der Waals surface area (Å²) in [6, 6.07) is 7.18. The second kappa shape index (κ2) is 7.05. The number of benzene rings is 1. The van der Waals surface area contributed by atoms with E-state index >= 15 is 0 Å². The highest BCUT2D eigenvalue weighted by atomic mass is 16.4. The minimum absolute atomic E-state index is 0.0713. The first-order valence-corrected chi connectivity index (χ1v) is 6.76. The summed E-state index contributed by atoms with van der Waals surface area (Å²) in [6.45, 7) is 3.69. The van der Waals surface area contributed by atoms with E-state index < -0.39 is 11.5 Å². The largest absolute Gasteiger partial charge is 0.481 e. The molecule has 1 amide bonds. The van der Waals surface area contributed by atoms with Crippen molar-refractivity contribution in [3.63, 3.8) is 0 Å². The zero-order valence-corrected chi connectivity index (χ0v) is 12.0. The van der Waals surface area contributed by atoms with Gasteiger partial charge in [-0.1, -0.05) is 25.5 Å². The van der Waals surface area contributed by atoms with Crippen LogP contribution < -0.4 is 11.1 Å². The molecular weight excluding hydrogens is 256 g/mol. The fourth-order valence-corrected chi connectivity index (χ4v) is 1.96. The Morgan fingerprint density at radius 2 is 2.10 bits per heavy atom. The summed E-state index contributed by atoms with van der Waals surface area (Å²) in [4.78, 5) is 22.6. The van der Waals surface area contributed by atoms with Crippen LogP contribution in [0.2, 0.25) is 0 Å². The van der Waals surface area contributed by atoms with Crippen molar-refractivity contribution in [2.45, 2.75) is 45.1 Å². The third kappa shape index (κ3) is 5.01. The maximum Gasteiger partial charge on any atom is 0.303 e. The van der Waals surface area contributed by atoms with E-state index in [-0.39, 0.29) is 12.3 Å². The first-order valence-electron chi connectivity index (χ1n) is 6.76. The van der Waals surface area contributed by atoms with Gasteiger partial charge in [-0.3, -0.25) is 9.59 Å². The molecule has 5 nitrogen and oxygen atoms in total. The Bertz CT molecular complexity index is 484. The van der Waals surface area contributed by atoms with Crippen LogP contribution in [-0.4, -0.2) is 22.5 Å². The van der Waals surface area contributed by atoms with Crippen LogP contribution in [0.3, 0.4) is 0 Å². The predicted molar refractivity (Wildman–Crippen MR) is 78.5 cm³/mol. The molecule has 0 saturated carbocycles. The van der Waals surface area contributed by atoms with Crippen molar-refractivity contribution in [1.29, 1.82) is 0 Å². The Kier molecular flexibility index (Phi) is 5.70. The van der Waals surface area contributed by atoms with Crippen LogP contribution in [0.4, 0.5) is 5.69 Å². The Morgan fingerprint density at radius 1 is 1.40 bits per heavy atom. The summed E-state index contributed by atoms with van der Waals surface area (Å²) in [7, 11) is 0. The SMILES string of the molecule is CCCC(C)(N)C(=O)Nc1cccc(CCC(=O)O)c1. The monoisotopic (exact) mass is 278 g/mol. The van der Waals surface area contributed by atoms with Crippen LogP contribution in [-0.2, 0) is 16.0 Å². The molecule has 0 heterocycles. The maximum atomic E-state index is 12.1. The Labute approximate surface area is 119 Å². The van der Waals surface area contributed by atoms with Crippen molar-refractivity contribution in [3.8, 4) is 0 Å². The number of nitrogens with two attached hydrogens (primary N) is 1. The average molecular weight is 278 g/mol. The van der Waals surface area contributed by atoms with Gasteiger partial charge in [-0.15, -0.1) is 0 Å². The molecule has 110 valence electrons. The number of carbonyl (C=O) groups excluding carboxylic acids is 1. The van der Waals surface area contributed by atoms with Gasteiger partial charge < -0.3 is 16.2 Å². The van der Waals surface area contributed by atoms with E-state index in [0.717, 1.165) is 12.0 Å². The van der Waals surface area contributed by atoms with Gasteiger partial charge in [-0.05, 0) is 37.5 Å². The minimum Gasteiger partial charge on any atom is -0.481 e. The standard InChI is InChI=1S/C15H22N2O3/c1-3-9-15(2,16)14(20)17-12-6-4-5-11(10-12)7-8-13(18)19/h4-6,10H,3,7-9,16H2,1-2H3,(H,17,20)(H,18,19). The second-order valence-electron chi connectivity index (χ2n) is 5.22. The van der Waals surface area contributed by atoms with Crippen LogP contribution in [0.15, 0.2) is 24.3 Å². The van der Waals surface area contributed by atoms with Gasteiger partial charge >= 0.3 is 5.97 Å². The molecule has 1 unspecified atom stereocenters. The van der Waals surface area contributed by atoms with E-state index in [4.69, 9.17) is 10.8 Å².